The second-order valence-electron chi connectivity index (χ2n) is 8.79. The van der Waals surface area contributed by atoms with Crippen molar-refractivity contribution in [1.82, 2.24) is 0 Å². The number of rotatable bonds is 4. The van der Waals surface area contributed by atoms with E-state index in [1.165, 1.54) is 55.6 Å². The Morgan fingerprint density at radius 2 is 1.14 bits per heavy atom. The standard InChI is InChI=1S/C33H25.2ClH.Hf/c1-23-12-10-20-28-31(23)33-27(19-11-21-29(33)32(28)26-17-8-9-18-26)22-30(24-13-4-2-5-14-24)25-15-6-3-7-16-25;;;/h2-22,32H,1H3;2*1H;/q-1;;;/p-2. The molecule has 0 aromatic heterocycles. The first-order valence-corrected chi connectivity index (χ1v) is 11.6. The first-order valence-electron chi connectivity index (χ1n) is 11.6. The topological polar surface area (TPSA) is 0 Å². The van der Waals surface area contributed by atoms with Crippen LogP contribution in [-0.4, -0.2) is 0 Å². The summed E-state index contributed by atoms with van der Waals surface area (Å²) >= 11 is 0. The summed E-state index contributed by atoms with van der Waals surface area (Å²) in [6.07, 6.45) is 2.38. The van der Waals surface area contributed by atoms with E-state index in [1.807, 2.05) is 0 Å². The van der Waals surface area contributed by atoms with E-state index in [9.17, 15) is 0 Å². The Hall–Kier alpha value is -2.58. The summed E-state index contributed by atoms with van der Waals surface area (Å²) in [4.78, 5) is 0. The monoisotopic (exact) mass is 671 g/mol. The minimum Gasteiger partial charge on any atom is -1.00 e. The van der Waals surface area contributed by atoms with Gasteiger partial charge in [-0.2, -0.15) is 12.1 Å². The third-order valence-corrected chi connectivity index (χ3v) is 6.80. The molecule has 0 radical (unpaired) electrons. The average molecular weight is 671 g/mol. The predicted octanol–water partition coefficient (Wildman–Crippen LogP) is 2.47. The summed E-state index contributed by atoms with van der Waals surface area (Å²) in [5.74, 6) is 0.287. The minimum absolute atomic E-state index is 0. The van der Waals surface area contributed by atoms with E-state index in [0.29, 0.717) is 0 Å². The molecule has 0 spiro atoms. The Labute approximate surface area is 245 Å². The maximum atomic E-state index is 2.38. The summed E-state index contributed by atoms with van der Waals surface area (Å²) in [5, 5.41) is 0. The summed E-state index contributed by atoms with van der Waals surface area (Å²) in [7, 11) is 0. The number of halogens is 2. The molecule has 0 saturated carbocycles. The number of benzene rings is 4. The molecule has 5 aromatic rings. The van der Waals surface area contributed by atoms with E-state index in [-0.39, 0.29) is 56.6 Å². The summed E-state index contributed by atoms with van der Waals surface area (Å²) in [6, 6.07) is 43.8. The van der Waals surface area contributed by atoms with E-state index >= 15 is 0 Å². The Morgan fingerprint density at radius 3 is 1.72 bits per heavy atom. The molecule has 0 heterocycles. The van der Waals surface area contributed by atoms with Crippen LogP contribution in [0.25, 0.3) is 22.8 Å². The zero-order valence-corrected chi connectivity index (χ0v) is 25.1. The smallest absolute Gasteiger partial charge is 0 e. The fourth-order valence-corrected chi connectivity index (χ4v) is 5.34. The Morgan fingerprint density at radius 1 is 0.611 bits per heavy atom. The molecule has 0 nitrogen and oxygen atoms in total. The molecular formula is C33H25Cl2Hf-3. The van der Waals surface area contributed by atoms with Crippen LogP contribution < -0.4 is 24.8 Å². The van der Waals surface area contributed by atoms with Crippen molar-refractivity contribution in [1.29, 1.82) is 0 Å². The van der Waals surface area contributed by atoms with Crippen LogP contribution in [0.4, 0.5) is 0 Å². The third kappa shape index (κ3) is 4.98. The molecule has 0 aliphatic heterocycles. The van der Waals surface area contributed by atoms with Gasteiger partial charge in [0.1, 0.15) is 0 Å². The van der Waals surface area contributed by atoms with Crippen LogP contribution in [0.15, 0.2) is 121 Å². The molecular weight excluding hydrogens is 646 g/mol. The minimum atomic E-state index is 0. The molecule has 0 fully saturated rings. The van der Waals surface area contributed by atoms with Gasteiger partial charge in [-0.05, 0) is 69.0 Å². The van der Waals surface area contributed by atoms with Crippen molar-refractivity contribution in [3.8, 4) is 11.1 Å². The first kappa shape index (κ1) is 28.0. The van der Waals surface area contributed by atoms with Crippen molar-refractivity contribution in [2.24, 2.45) is 0 Å². The second kappa shape index (κ2) is 12.1. The van der Waals surface area contributed by atoms with Gasteiger partial charge < -0.3 is 24.8 Å². The van der Waals surface area contributed by atoms with Crippen LogP contribution in [0.1, 0.15) is 44.9 Å². The number of fused-ring (bicyclic) bond motifs is 3. The molecule has 3 heteroatoms. The maximum absolute atomic E-state index is 2.38. The molecule has 1 atom stereocenters. The molecule has 1 aliphatic carbocycles. The Bertz CT molecular complexity index is 1410. The summed E-state index contributed by atoms with van der Waals surface area (Å²) in [5.41, 5.74) is 13.3. The summed E-state index contributed by atoms with van der Waals surface area (Å²) < 4.78 is 0. The number of hydrogen-bond donors (Lipinski definition) is 0. The van der Waals surface area contributed by atoms with Crippen molar-refractivity contribution in [2.45, 2.75) is 12.8 Å². The van der Waals surface area contributed by atoms with Gasteiger partial charge in [-0.3, -0.25) is 0 Å². The SMILES string of the molecule is Cc1cccc2c1-c1c(C=C(c3ccccc3)c3ccccc3)cccc1C2[c-]1cccc1.[Cl-].[Cl-].[Hf]. The van der Waals surface area contributed by atoms with E-state index in [2.05, 4.69) is 134 Å². The summed E-state index contributed by atoms with van der Waals surface area (Å²) in [6.45, 7) is 2.24. The molecule has 0 saturated heterocycles. The molecule has 5 aromatic carbocycles. The molecule has 6 rings (SSSR count). The fourth-order valence-electron chi connectivity index (χ4n) is 5.34. The van der Waals surface area contributed by atoms with Crippen molar-refractivity contribution >= 4 is 11.6 Å². The van der Waals surface area contributed by atoms with Gasteiger partial charge in [0.2, 0.25) is 0 Å². The van der Waals surface area contributed by atoms with Gasteiger partial charge >= 0.3 is 0 Å². The fraction of sp³-hybridized carbons (Fsp3) is 0.0606. The molecule has 0 bridgehead atoms. The van der Waals surface area contributed by atoms with Gasteiger partial charge in [0.05, 0.1) is 0 Å². The van der Waals surface area contributed by atoms with Gasteiger partial charge in [-0.15, -0.1) is 5.56 Å². The van der Waals surface area contributed by atoms with Gasteiger partial charge in [0.25, 0.3) is 0 Å². The molecule has 36 heavy (non-hydrogen) atoms. The predicted molar refractivity (Wildman–Crippen MR) is 139 cm³/mol. The van der Waals surface area contributed by atoms with Crippen LogP contribution in [-0.2, 0) is 25.8 Å². The van der Waals surface area contributed by atoms with Crippen LogP contribution in [0.5, 0.6) is 0 Å². The van der Waals surface area contributed by atoms with Crippen LogP contribution in [0, 0.1) is 6.92 Å². The third-order valence-electron chi connectivity index (χ3n) is 6.80. The van der Waals surface area contributed by atoms with Crippen LogP contribution in [0.2, 0.25) is 0 Å². The number of hydrogen-bond acceptors (Lipinski definition) is 0. The largest absolute Gasteiger partial charge is 1.00 e. The van der Waals surface area contributed by atoms with E-state index in [1.54, 1.807) is 0 Å². The van der Waals surface area contributed by atoms with Gasteiger partial charge in [-0.1, -0.05) is 97.1 Å². The molecule has 0 N–H and O–H groups in total. The number of aryl methyl sites for hydroxylation is 1. The van der Waals surface area contributed by atoms with Crippen LogP contribution >= 0.6 is 0 Å². The zero-order chi connectivity index (χ0) is 22.2. The normalized spacial score (nSPS) is 12.8. The zero-order valence-electron chi connectivity index (χ0n) is 20.0. The maximum Gasteiger partial charge on any atom is 0 e. The average Bonchev–Trinajstić information content (AvgIpc) is 3.50. The van der Waals surface area contributed by atoms with Crippen LogP contribution in [0.3, 0.4) is 0 Å². The molecule has 1 unspecified atom stereocenters. The van der Waals surface area contributed by atoms with Crippen molar-refractivity contribution < 1.29 is 50.7 Å². The molecule has 178 valence electrons. The molecule has 0 amide bonds. The Balaban J connectivity index is 0.00000120. The van der Waals surface area contributed by atoms with Crippen molar-refractivity contribution in [3.05, 3.63) is 160 Å². The van der Waals surface area contributed by atoms with E-state index < -0.39 is 0 Å². The van der Waals surface area contributed by atoms with E-state index in [0.717, 1.165) is 0 Å². The van der Waals surface area contributed by atoms with E-state index in [4.69, 9.17) is 0 Å². The van der Waals surface area contributed by atoms with Gasteiger partial charge in [0.15, 0.2) is 0 Å². The second-order valence-corrected chi connectivity index (χ2v) is 8.79. The molecule has 1 aliphatic rings. The van der Waals surface area contributed by atoms with Gasteiger partial charge in [0, 0.05) is 25.8 Å². The quantitative estimate of drug-likeness (QED) is 0.154. The van der Waals surface area contributed by atoms with Crippen molar-refractivity contribution in [3.63, 3.8) is 0 Å². The Kier molecular flexibility index (Phi) is 9.41. The van der Waals surface area contributed by atoms with Crippen molar-refractivity contribution in [2.75, 3.05) is 0 Å². The van der Waals surface area contributed by atoms with Gasteiger partial charge in [-0.25, -0.2) is 12.1 Å². The first-order chi connectivity index (χ1) is 16.3.